The number of halogens is 1. The number of aromatic nitrogens is 2. The summed E-state index contributed by atoms with van der Waals surface area (Å²) in [6, 6.07) is 14.9. The number of rotatable bonds is 6. The Labute approximate surface area is 157 Å². The summed E-state index contributed by atoms with van der Waals surface area (Å²) in [5.41, 5.74) is 1.16. The average Bonchev–Trinajstić information content (AvgIpc) is 2.61. The highest BCUT2D eigenvalue weighted by Crippen LogP contribution is 2.24. The van der Waals surface area contributed by atoms with Crippen LogP contribution in [0, 0.1) is 19.7 Å². The van der Waals surface area contributed by atoms with E-state index in [0.717, 1.165) is 0 Å². The molecule has 0 unspecified atom stereocenters. The number of aryl methyl sites for hydroxylation is 2. The van der Waals surface area contributed by atoms with Crippen LogP contribution < -0.4 is 9.46 Å². The van der Waals surface area contributed by atoms with Crippen molar-refractivity contribution in [2.75, 3.05) is 4.72 Å². The van der Waals surface area contributed by atoms with Gasteiger partial charge in [-0.15, -0.1) is 0 Å². The van der Waals surface area contributed by atoms with Gasteiger partial charge in [-0.3, -0.25) is 4.72 Å². The third-order valence-corrected chi connectivity index (χ3v) is 4.97. The van der Waals surface area contributed by atoms with Gasteiger partial charge in [-0.1, -0.05) is 36.4 Å². The van der Waals surface area contributed by atoms with E-state index in [9.17, 15) is 12.8 Å². The van der Waals surface area contributed by atoms with Crippen LogP contribution in [0.2, 0.25) is 0 Å². The van der Waals surface area contributed by atoms with Gasteiger partial charge in [0.2, 0.25) is 10.0 Å². The smallest absolute Gasteiger partial charge is 0.322 e. The number of hydrogen-bond acceptors (Lipinski definition) is 5. The summed E-state index contributed by atoms with van der Waals surface area (Å²) in [5.74, 6) is -0.482. The molecule has 0 aliphatic rings. The highest BCUT2D eigenvalue weighted by molar-refractivity contribution is 7.91. The third kappa shape index (κ3) is 4.79. The van der Waals surface area contributed by atoms with Crippen LogP contribution in [0.1, 0.15) is 17.0 Å². The van der Waals surface area contributed by atoms with Crippen LogP contribution in [-0.2, 0) is 15.8 Å². The quantitative estimate of drug-likeness (QED) is 0.692. The lowest BCUT2D eigenvalue weighted by atomic mass is 10.2. The Morgan fingerprint density at radius 2 is 1.56 bits per heavy atom. The molecule has 6 nitrogen and oxygen atoms in total. The maximum absolute atomic E-state index is 13.7. The minimum Gasteiger partial charge on any atom is -0.424 e. The van der Waals surface area contributed by atoms with Gasteiger partial charge < -0.3 is 4.74 Å². The SMILES string of the molecule is Cc1nc(Oc2ccccc2)nc(C)c1NS(=O)(=O)Cc1ccccc1F. The molecule has 0 amide bonds. The fraction of sp³-hybridized carbons (Fsp3) is 0.158. The number of ether oxygens (including phenoxy) is 1. The predicted octanol–water partition coefficient (Wildman–Crippen LogP) is 3.97. The molecule has 3 aromatic rings. The fourth-order valence-electron chi connectivity index (χ4n) is 2.48. The standard InChI is InChI=1S/C19H18FN3O3S/c1-13-18(23-27(24,25)12-15-8-6-7-11-17(15)20)14(2)22-19(21-13)26-16-9-4-3-5-10-16/h3-11,23H,12H2,1-2H3. The number of nitrogens with one attached hydrogen (secondary N) is 1. The highest BCUT2D eigenvalue weighted by atomic mass is 32.2. The summed E-state index contributed by atoms with van der Waals surface area (Å²) >= 11 is 0. The van der Waals surface area contributed by atoms with Gasteiger partial charge in [-0.05, 0) is 32.0 Å². The van der Waals surface area contributed by atoms with E-state index < -0.39 is 21.6 Å². The summed E-state index contributed by atoms with van der Waals surface area (Å²) in [5, 5.41) is 0. The van der Waals surface area contributed by atoms with Crippen LogP contribution in [0.25, 0.3) is 0 Å². The lowest BCUT2D eigenvalue weighted by Gasteiger charge is -2.14. The summed E-state index contributed by atoms with van der Waals surface area (Å²) in [6.07, 6.45) is 0. The number of sulfonamides is 1. The average molecular weight is 387 g/mol. The van der Waals surface area contributed by atoms with Gasteiger partial charge in [0, 0.05) is 5.56 Å². The van der Waals surface area contributed by atoms with E-state index in [2.05, 4.69) is 14.7 Å². The molecule has 1 N–H and O–H groups in total. The largest absolute Gasteiger partial charge is 0.424 e. The molecular weight excluding hydrogens is 369 g/mol. The summed E-state index contributed by atoms with van der Waals surface area (Å²) in [4.78, 5) is 8.41. The number of para-hydroxylation sites is 1. The molecule has 0 atom stereocenters. The first-order valence-electron chi connectivity index (χ1n) is 8.16. The van der Waals surface area contributed by atoms with Gasteiger partial charge in [0.25, 0.3) is 0 Å². The van der Waals surface area contributed by atoms with Crippen LogP contribution >= 0.6 is 0 Å². The second-order valence-electron chi connectivity index (χ2n) is 5.92. The first-order valence-corrected chi connectivity index (χ1v) is 9.81. The Balaban J connectivity index is 1.81. The van der Waals surface area contributed by atoms with Crippen LogP contribution in [0.3, 0.4) is 0 Å². The number of anilines is 1. The molecule has 0 radical (unpaired) electrons. The Hall–Kier alpha value is -3.00. The van der Waals surface area contributed by atoms with Crippen molar-refractivity contribution in [3.63, 3.8) is 0 Å². The van der Waals surface area contributed by atoms with Gasteiger partial charge >= 0.3 is 6.01 Å². The minimum atomic E-state index is -3.84. The fourth-order valence-corrected chi connectivity index (χ4v) is 3.81. The van der Waals surface area contributed by atoms with Gasteiger partial charge in [0.05, 0.1) is 22.8 Å². The molecule has 8 heteroatoms. The molecular formula is C19H18FN3O3S. The van der Waals surface area contributed by atoms with Crippen molar-refractivity contribution in [3.05, 3.63) is 77.4 Å². The second kappa shape index (κ2) is 7.71. The predicted molar refractivity (Wildman–Crippen MR) is 101 cm³/mol. The van der Waals surface area contributed by atoms with Crippen LogP contribution in [0.5, 0.6) is 11.8 Å². The summed E-state index contributed by atoms with van der Waals surface area (Å²) < 4.78 is 46.7. The molecule has 140 valence electrons. The normalized spacial score (nSPS) is 11.2. The molecule has 3 rings (SSSR count). The van der Waals surface area contributed by atoms with Crippen LogP contribution in [-0.4, -0.2) is 18.4 Å². The van der Waals surface area contributed by atoms with E-state index in [1.807, 2.05) is 18.2 Å². The van der Waals surface area contributed by atoms with Crippen molar-refractivity contribution in [1.29, 1.82) is 0 Å². The maximum Gasteiger partial charge on any atom is 0.322 e. The topological polar surface area (TPSA) is 81.2 Å². The molecule has 0 aliphatic carbocycles. The molecule has 0 aliphatic heterocycles. The van der Waals surface area contributed by atoms with Crippen molar-refractivity contribution in [3.8, 4) is 11.8 Å². The van der Waals surface area contributed by atoms with E-state index in [0.29, 0.717) is 17.1 Å². The molecule has 27 heavy (non-hydrogen) atoms. The zero-order valence-corrected chi connectivity index (χ0v) is 15.6. The first kappa shape index (κ1) is 18.8. The van der Waals surface area contributed by atoms with Crippen molar-refractivity contribution in [2.45, 2.75) is 19.6 Å². The van der Waals surface area contributed by atoms with Gasteiger partial charge in [0.1, 0.15) is 11.6 Å². The summed E-state index contributed by atoms with van der Waals surface area (Å²) in [7, 11) is -3.84. The minimum absolute atomic E-state index is 0.0882. The van der Waals surface area contributed by atoms with Crippen molar-refractivity contribution >= 4 is 15.7 Å². The number of nitrogens with zero attached hydrogens (tertiary/aromatic N) is 2. The molecule has 0 bridgehead atoms. The lowest BCUT2D eigenvalue weighted by molar-refractivity contribution is 0.439. The molecule has 0 fully saturated rings. The van der Waals surface area contributed by atoms with Crippen LogP contribution in [0.15, 0.2) is 54.6 Å². The van der Waals surface area contributed by atoms with E-state index in [1.165, 1.54) is 18.2 Å². The summed E-state index contributed by atoms with van der Waals surface area (Å²) in [6.45, 7) is 3.29. The molecule has 1 heterocycles. The number of benzene rings is 2. The van der Waals surface area contributed by atoms with Crippen molar-refractivity contribution < 1.29 is 17.5 Å². The third-order valence-electron chi connectivity index (χ3n) is 3.76. The Morgan fingerprint density at radius 3 is 2.19 bits per heavy atom. The molecule has 1 aromatic heterocycles. The van der Waals surface area contributed by atoms with Gasteiger partial charge in [-0.2, -0.15) is 9.97 Å². The second-order valence-corrected chi connectivity index (χ2v) is 7.64. The van der Waals surface area contributed by atoms with Gasteiger partial charge in [0.15, 0.2) is 0 Å². The van der Waals surface area contributed by atoms with E-state index in [1.54, 1.807) is 32.0 Å². The number of hydrogen-bond donors (Lipinski definition) is 1. The Bertz CT molecular complexity index is 1030. The van der Waals surface area contributed by atoms with E-state index in [4.69, 9.17) is 4.74 Å². The van der Waals surface area contributed by atoms with E-state index in [-0.39, 0.29) is 17.3 Å². The molecule has 0 saturated heterocycles. The van der Waals surface area contributed by atoms with Crippen molar-refractivity contribution in [2.24, 2.45) is 0 Å². The molecule has 0 spiro atoms. The van der Waals surface area contributed by atoms with E-state index >= 15 is 0 Å². The highest BCUT2D eigenvalue weighted by Gasteiger charge is 2.19. The maximum atomic E-state index is 13.7. The first-order chi connectivity index (χ1) is 12.8. The van der Waals surface area contributed by atoms with Gasteiger partial charge in [-0.25, -0.2) is 12.8 Å². The molecule has 2 aromatic carbocycles. The molecule has 0 saturated carbocycles. The van der Waals surface area contributed by atoms with Crippen molar-refractivity contribution in [1.82, 2.24) is 9.97 Å². The Kier molecular flexibility index (Phi) is 5.36. The zero-order chi connectivity index (χ0) is 19.4. The monoisotopic (exact) mass is 387 g/mol. The Morgan fingerprint density at radius 1 is 0.963 bits per heavy atom. The lowest BCUT2D eigenvalue weighted by Crippen LogP contribution is -2.18. The zero-order valence-electron chi connectivity index (χ0n) is 14.8. The van der Waals surface area contributed by atoms with Crippen LogP contribution in [0.4, 0.5) is 10.1 Å².